The highest BCUT2D eigenvalue weighted by Crippen LogP contribution is 2.20. The van der Waals surface area contributed by atoms with Crippen molar-refractivity contribution in [3.05, 3.63) is 101 Å². The minimum Gasteiger partial charge on any atom is -0.378 e. The van der Waals surface area contributed by atoms with Crippen LogP contribution >= 0.6 is 0 Å². The highest BCUT2D eigenvalue weighted by molar-refractivity contribution is 6.00. The molecule has 0 saturated carbocycles. The molecule has 178 valence electrons. The molecule has 1 atom stereocenters. The molecule has 3 aromatic rings. The third-order valence-corrected chi connectivity index (χ3v) is 6.67. The summed E-state index contributed by atoms with van der Waals surface area (Å²) in [6.45, 7) is 3.51. The molecular formula is C30H36N2O2. The normalized spacial score (nSPS) is 14.9. The Kier molecular flexibility index (Phi) is 8.51. The van der Waals surface area contributed by atoms with Gasteiger partial charge in [-0.05, 0) is 68.6 Å². The number of carbonyl (C=O) groups excluding carboxylic acids is 1. The summed E-state index contributed by atoms with van der Waals surface area (Å²) < 4.78 is 5.45. The Balaban J connectivity index is 1.33. The zero-order chi connectivity index (χ0) is 23.8. The first-order valence-corrected chi connectivity index (χ1v) is 12.4. The minimum atomic E-state index is -0.0951. The number of Topliss-reactive ketones (excluding diaryl/α,β-unsaturated/α-hetero) is 1. The Morgan fingerprint density at radius 2 is 1.47 bits per heavy atom. The number of morpholine rings is 1. The zero-order valence-electron chi connectivity index (χ0n) is 20.5. The second-order valence-electron chi connectivity index (χ2n) is 9.36. The minimum absolute atomic E-state index is 0.0951. The number of ketones is 1. The van der Waals surface area contributed by atoms with Gasteiger partial charge in [-0.3, -0.25) is 9.69 Å². The molecule has 1 aliphatic rings. The Morgan fingerprint density at radius 1 is 0.853 bits per heavy atom. The predicted molar refractivity (Wildman–Crippen MR) is 140 cm³/mol. The first-order chi connectivity index (χ1) is 16.6. The molecule has 1 fully saturated rings. The third kappa shape index (κ3) is 6.55. The molecule has 1 aliphatic heterocycles. The molecule has 1 saturated heterocycles. The summed E-state index contributed by atoms with van der Waals surface area (Å²) in [7, 11) is 4.00. The number of likely N-dealkylation sites (N-methyl/N-ethyl adjacent to an activating group) is 1. The van der Waals surface area contributed by atoms with Crippen LogP contribution in [0.5, 0.6) is 0 Å². The van der Waals surface area contributed by atoms with Gasteiger partial charge in [-0.2, -0.15) is 0 Å². The van der Waals surface area contributed by atoms with Gasteiger partial charge in [0, 0.05) is 24.3 Å². The fourth-order valence-corrected chi connectivity index (χ4v) is 4.63. The molecule has 34 heavy (non-hydrogen) atoms. The van der Waals surface area contributed by atoms with E-state index in [1.807, 2.05) is 32.3 Å². The first kappa shape index (κ1) is 24.2. The van der Waals surface area contributed by atoms with E-state index in [0.29, 0.717) is 0 Å². The molecular weight excluding hydrogens is 420 g/mol. The third-order valence-electron chi connectivity index (χ3n) is 6.67. The number of ether oxygens (including phenoxy) is 1. The average Bonchev–Trinajstić information content (AvgIpc) is 2.88. The molecule has 0 radical (unpaired) electrons. The van der Waals surface area contributed by atoms with Crippen LogP contribution in [0.25, 0.3) is 0 Å². The molecule has 0 amide bonds. The summed E-state index contributed by atoms with van der Waals surface area (Å²) >= 11 is 0. The molecule has 0 aliphatic carbocycles. The summed E-state index contributed by atoms with van der Waals surface area (Å²) in [5, 5.41) is 0. The Hall–Kier alpha value is -2.95. The topological polar surface area (TPSA) is 32.8 Å². The number of carbonyl (C=O) groups is 1. The van der Waals surface area contributed by atoms with E-state index in [1.165, 1.54) is 22.4 Å². The van der Waals surface area contributed by atoms with Crippen LogP contribution in [-0.2, 0) is 17.6 Å². The molecule has 3 aromatic carbocycles. The van der Waals surface area contributed by atoms with Crippen molar-refractivity contribution < 1.29 is 9.53 Å². The van der Waals surface area contributed by atoms with Gasteiger partial charge >= 0.3 is 0 Å². The molecule has 4 rings (SSSR count). The van der Waals surface area contributed by atoms with E-state index < -0.39 is 0 Å². The van der Waals surface area contributed by atoms with Gasteiger partial charge in [0.1, 0.15) is 0 Å². The lowest BCUT2D eigenvalue weighted by molar-refractivity contribution is 0.0864. The number of rotatable bonds is 10. The van der Waals surface area contributed by atoms with Crippen molar-refractivity contribution in [1.29, 1.82) is 0 Å². The van der Waals surface area contributed by atoms with E-state index in [9.17, 15) is 4.79 Å². The van der Waals surface area contributed by atoms with Crippen molar-refractivity contribution in [2.75, 3.05) is 45.3 Å². The predicted octanol–water partition coefficient (Wildman–Crippen LogP) is 5.25. The summed E-state index contributed by atoms with van der Waals surface area (Å²) in [6, 6.07) is 27.4. The second kappa shape index (κ2) is 12.0. The number of benzene rings is 3. The van der Waals surface area contributed by atoms with Crippen molar-refractivity contribution in [2.24, 2.45) is 0 Å². The summed E-state index contributed by atoms with van der Waals surface area (Å²) in [5.41, 5.74) is 5.89. The van der Waals surface area contributed by atoms with Crippen LogP contribution in [0.1, 0.15) is 39.9 Å². The quantitative estimate of drug-likeness (QED) is 0.390. The maximum absolute atomic E-state index is 13.2. The number of nitrogens with zero attached hydrogens (tertiary/aromatic N) is 2. The lowest BCUT2D eigenvalue weighted by Crippen LogP contribution is -2.36. The maximum atomic E-state index is 13.2. The second-order valence-corrected chi connectivity index (χ2v) is 9.36. The monoisotopic (exact) mass is 456 g/mol. The molecule has 0 spiro atoms. The van der Waals surface area contributed by atoms with Crippen molar-refractivity contribution in [3.8, 4) is 0 Å². The lowest BCUT2D eigenvalue weighted by Gasteiger charge is -2.28. The van der Waals surface area contributed by atoms with E-state index in [4.69, 9.17) is 4.74 Å². The van der Waals surface area contributed by atoms with Gasteiger partial charge in [0.15, 0.2) is 5.78 Å². The zero-order valence-corrected chi connectivity index (χ0v) is 20.5. The van der Waals surface area contributed by atoms with Crippen LogP contribution < -0.4 is 4.90 Å². The standard InChI is InChI=1S/C30H36N2O2/c1-31(2)29(10-6-9-24-7-4-3-5-8-24)30(33)27-15-11-25(12-16-27)23-26-13-17-28(18-14-26)32-19-21-34-22-20-32/h3-5,7-8,11-18,29H,6,9-10,19-23H2,1-2H3. The Labute approximate surface area is 204 Å². The van der Waals surface area contributed by atoms with Crippen molar-refractivity contribution in [2.45, 2.75) is 31.7 Å². The van der Waals surface area contributed by atoms with E-state index in [2.05, 4.69) is 70.5 Å². The SMILES string of the molecule is CN(C)C(CCCc1ccccc1)C(=O)c1ccc(Cc2ccc(N3CCOCC3)cc2)cc1. The highest BCUT2D eigenvalue weighted by Gasteiger charge is 2.22. The number of hydrogen-bond acceptors (Lipinski definition) is 4. The van der Waals surface area contributed by atoms with E-state index in [1.54, 1.807) is 0 Å². The van der Waals surface area contributed by atoms with Crippen LogP contribution in [0.2, 0.25) is 0 Å². The molecule has 1 heterocycles. The summed E-state index contributed by atoms with van der Waals surface area (Å²) in [6.07, 6.45) is 3.73. The average molecular weight is 457 g/mol. The van der Waals surface area contributed by atoms with Crippen LogP contribution in [0.3, 0.4) is 0 Å². The number of hydrogen-bond donors (Lipinski definition) is 0. The van der Waals surface area contributed by atoms with Gasteiger partial charge in [-0.1, -0.05) is 66.7 Å². The summed E-state index contributed by atoms with van der Waals surface area (Å²) in [4.78, 5) is 17.7. The largest absolute Gasteiger partial charge is 0.378 e. The fraction of sp³-hybridized carbons (Fsp3) is 0.367. The molecule has 0 bridgehead atoms. The fourth-order valence-electron chi connectivity index (χ4n) is 4.63. The summed E-state index contributed by atoms with van der Waals surface area (Å²) in [5.74, 6) is 0.208. The van der Waals surface area contributed by atoms with Crippen LogP contribution in [0.4, 0.5) is 5.69 Å². The Bertz CT molecular complexity index is 1020. The van der Waals surface area contributed by atoms with Crippen LogP contribution in [0.15, 0.2) is 78.9 Å². The van der Waals surface area contributed by atoms with E-state index in [0.717, 1.165) is 57.6 Å². The number of aryl methyl sites for hydroxylation is 1. The number of anilines is 1. The lowest BCUT2D eigenvalue weighted by atomic mass is 9.95. The van der Waals surface area contributed by atoms with Crippen LogP contribution in [0, 0.1) is 0 Å². The maximum Gasteiger partial charge on any atom is 0.179 e. The van der Waals surface area contributed by atoms with Crippen molar-refractivity contribution in [3.63, 3.8) is 0 Å². The van der Waals surface area contributed by atoms with E-state index in [-0.39, 0.29) is 11.8 Å². The van der Waals surface area contributed by atoms with Gasteiger partial charge in [-0.25, -0.2) is 0 Å². The Morgan fingerprint density at radius 3 is 2.09 bits per heavy atom. The van der Waals surface area contributed by atoms with Gasteiger partial charge < -0.3 is 9.64 Å². The molecule has 4 nitrogen and oxygen atoms in total. The van der Waals surface area contributed by atoms with E-state index >= 15 is 0 Å². The van der Waals surface area contributed by atoms with Crippen molar-refractivity contribution in [1.82, 2.24) is 4.90 Å². The molecule has 0 aromatic heterocycles. The van der Waals surface area contributed by atoms with Crippen LogP contribution in [-0.4, -0.2) is 57.1 Å². The van der Waals surface area contributed by atoms with Gasteiger partial charge in [0.2, 0.25) is 0 Å². The smallest absolute Gasteiger partial charge is 0.179 e. The molecule has 4 heteroatoms. The highest BCUT2D eigenvalue weighted by atomic mass is 16.5. The van der Waals surface area contributed by atoms with Gasteiger partial charge in [0.25, 0.3) is 0 Å². The molecule has 0 N–H and O–H groups in total. The first-order valence-electron chi connectivity index (χ1n) is 12.4. The van der Waals surface area contributed by atoms with Gasteiger partial charge in [-0.15, -0.1) is 0 Å². The molecule has 1 unspecified atom stereocenters. The van der Waals surface area contributed by atoms with Gasteiger partial charge in [0.05, 0.1) is 19.3 Å². The van der Waals surface area contributed by atoms with Crippen molar-refractivity contribution >= 4 is 11.5 Å².